The number of amides is 1. The smallest absolute Gasteiger partial charge is 0.241 e. The first kappa shape index (κ1) is 22.7. The van der Waals surface area contributed by atoms with E-state index < -0.39 is 15.9 Å². The Bertz CT molecular complexity index is 948. The van der Waals surface area contributed by atoms with Gasteiger partial charge in [-0.05, 0) is 35.6 Å². The zero-order valence-corrected chi connectivity index (χ0v) is 18.7. The molecule has 1 atom stereocenters. The minimum atomic E-state index is -3.68. The molecule has 0 aromatic heterocycles. The summed E-state index contributed by atoms with van der Waals surface area (Å²) in [7, 11) is -2.21. The minimum Gasteiger partial charge on any atom is -0.495 e. The fourth-order valence-corrected chi connectivity index (χ4v) is 3.85. The van der Waals surface area contributed by atoms with Crippen molar-refractivity contribution in [3.8, 4) is 5.75 Å². The molecule has 0 heterocycles. The molecule has 6 nitrogen and oxygen atoms in total. The number of ether oxygens (including phenoxy) is 1. The largest absolute Gasteiger partial charge is 0.495 e. The van der Waals surface area contributed by atoms with E-state index in [1.165, 1.54) is 12.7 Å². The molecule has 0 aliphatic carbocycles. The van der Waals surface area contributed by atoms with Crippen LogP contribution in [0.4, 0.5) is 5.69 Å². The molecule has 1 amide bonds. The van der Waals surface area contributed by atoms with Gasteiger partial charge in [0.2, 0.25) is 15.9 Å². The van der Waals surface area contributed by atoms with Crippen molar-refractivity contribution in [2.24, 2.45) is 0 Å². The number of nitrogens with one attached hydrogen (secondary N) is 1. The van der Waals surface area contributed by atoms with Gasteiger partial charge >= 0.3 is 0 Å². The average Bonchev–Trinajstić information content (AvgIpc) is 2.64. The van der Waals surface area contributed by atoms with Crippen LogP contribution in [0.3, 0.4) is 0 Å². The Morgan fingerprint density at radius 2 is 1.69 bits per heavy atom. The highest BCUT2D eigenvalue weighted by atomic mass is 32.2. The van der Waals surface area contributed by atoms with Crippen LogP contribution in [0.15, 0.2) is 48.5 Å². The fraction of sp³-hybridized carbons (Fsp3) is 0.409. The van der Waals surface area contributed by atoms with Gasteiger partial charge in [0.25, 0.3) is 0 Å². The van der Waals surface area contributed by atoms with Crippen molar-refractivity contribution < 1.29 is 17.9 Å². The number of sulfonamides is 1. The molecule has 29 heavy (non-hydrogen) atoms. The highest BCUT2D eigenvalue weighted by Gasteiger charge is 2.24. The molecule has 7 heteroatoms. The third-order valence-corrected chi connectivity index (χ3v) is 5.82. The van der Waals surface area contributed by atoms with Crippen molar-refractivity contribution in [1.82, 2.24) is 5.32 Å². The summed E-state index contributed by atoms with van der Waals surface area (Å²) in [6.07, 6.45) is 1.07. The van der Waals surface area contributed by atoms with E-state index in [1.807, 2.05) is 19.1 Å². The van der Waals surface area contributed by atoms with Gasteiger partial charge in [-0.25, -0.2) is 8.42 Å². The highest BCUT2D eigenvalue weighted by molar-refractivity contribution is 7.92. The van der Waals surface area contributed by atoms with Crippen LogP contribution in [0.2, 0.25) is 0 Å². The summed E-state index contributed by atoms with van der Waals surface area (Å²) in [5, 5.41) is 2.88. The lowest BCUT2D eigenvalue weighted by atomic mass is 9.86. The van der Waals surface area contributed by atoms with Crippen LogP contribution in [0.25, 0.3) is 0 Å². The molecule has 0 aliphatic rings. The van der Waals surface area contributed by atoms with Gasteiger partial charge in [0.1, 0.15) is 12.3 Å². The van der Waals surface area contributed by atoms with Crippen LogP contribution in [0, 0.1) is 0 Å². The van der Waals surface area contributed by atoms with Gasteiger partial charge in [0.15, 0.2) is 0 Å². The summed E-state index contributed by atoms with van der Waals surface area (Å²) in [6, 6.07) is 14.5. The van der Waals surface area contributed by atoms with Crippen molar-refractivity contribution in [3.05, 3.63) is 59.7 Å². The van der Waals surface area contributed by atoms with Gasteiger partial charge in [0.05, 0.1) is 25.1 Å². The number of hydrogen-bond acceptors (Lipinski definition) is 4. The van der Waals surface area contributed by atoms with E-state index >= 15 is 0 Å². The van der Waals surface area contributed by atoms with Gasteiger partial charge in [-0.2, -0.15) is 0 Å². The summed E-state index contributed by atoms with van der Waals surface area (Å²) in [4.78, 5) is 12.6. The van der Waals surface area contributed by atoms with Crippen molar-refractivity contribution in [1.29, 1.82) is 0 Å². The van der Waals surface area contributed by atoms with E-state index in [1.54, 1.807) is 24.3 Å². The normalized spacial score (nSPS) is 12.9. The third-order valence-electron chi connectivity index (χ3n) is 4.70. The lowest BCUT2D eigenvalue weighted by molar-refractivity contribution is -0.120. The Morgan fingerprint density at radius 3 is 2.21 bits per heavy atom. The maximum absolute atomic E-state index is 12.6. The van der Waals surface area contributed by atoms with Crippen LogP contribution in [-0.4, -0.2) is 34.2 Å². The first-order valence-electron chi connectivity index (χ1n) is 9.44. The zero-order chi connectivity index (χ0) is 21.8. The maximum atomic E-state index is 12.6. The van der Waals surface area contributed by atoms with Crippen LogP contribution in [-0.2, 0) is 20.2 Å². The molecule has 0 fully saturated rings. The number of benzene rings is 2. The second-order valence-corrected chi connectivity index (χ2v) is 10.0. The Balaban J connectivity index is 2.16. The van der Waals surface area contributed by atoms with Gasteiger partial charge in [-0.15, -0.1) is 0 Å². The summed E-state index contributed by atoms with van der Waals surface area (Å²) >= 11 is 0. The predicted molar refractivity (Wildman–Crippen MR) is 117 cm³/mol. The third kappa shape index (κ3) is 5.97. The molecule has 0 saturated heterocycles. The monoisotopic (exact) mass is 418 g/mol. The Kier molecular flexibility index (Phi) is 6.95. The summed E-state index contributed by atoms with van der Waals surface area (Å²) in [6.45, 7) is 7.97. The van der Waals surface area contributed by atoms with Gasteiger partial charge in [-0.3, -0.25) is 9.10 Å². The Labute approximate surface area is 173 Å². The van der Waals surface area contributed by atoms with Gasteiger partial charge in [-0.1, -0.05) is 57.2 Å². The molecule has 158 valence electrons. The van der Waals surface area contributed by atoms with E-state index in [2.05, 4.69) is 38.2 Å². The molecule has 2 aromatic carbocycles. The molecule has 0 bridgehead atoms. The zero-order valence-electron chi connectivity index (χ0n) is 17.9. The number of methoxy groups -OCH3 is 1. The van der Waals surface area contributed by atoms with Crippen LogP contribution < -0.4 is 14.4 Å². The molecule has 1 N–H and O–H groups in total. The Hall–Kier alpha value is -2.54. The number of hydrogen-bond donors (Lipinski definition) is 1. The first-order valence-corrected chi connectivity index (χ1v) is 11.3. The lowest BCUT2D eigenvalue weighted by Crippen LogP contribution is -2.41. The first-order chi connectivity index (χ1) is 13.4. The topological polar surface area (TPSA) is 75.7 Å². The van der Waals surface area contributed by atoms with Crippen molar-refractivity contribution in [2.75, 3.05) is 24.2 Å². The van der Waals surface area contributed by atoms with Crippen LogP contribution in [0.5, 0.6) is 5.75 Å². The number of carbonyl (C=O) groups excluding carboxylic acids is 1. The molecule has 1 unspecified atom stereocenters. The second kappa shape index (κ2) is 8.86. The number of carbonyl (C=O) groups is 1. The predicted octanol–water partition coefficient (Wildman–Crippen LogP) is 3.64. The van der Waals surface area contributed by atoms with Crippen LogP contribution in [0.1, 0.15) is 44.9 Å². The van der Waals surface area contributed by atoms with Crippen molar-refractivity contribution in [2.45, 2.75) is 39.2 Å². The average molecular weight is 419 g/mol. The summed E-state index contributed by atoms with van der Waals surface area (Å²) in [5.74, 6) is -0.00901. The fourth-order valence-electron chi connectivity index (χ4n) is 2.99. The van der Waals surface area contributed by atoms with Crippen molar-refractivity contribution in [3.63, 3.8) is 0 Å². The number of nitrogens with zero attached hydrogens (tertiary/aromatic N) is 1. The second-order valence-electron chi connectivity index (χ2n) is 8.10. The van der Waals surface area contributed by atoms with E-state index in [4.69, 9.17) is 4.74 Å². The summed E-state index contributed by atoms with van der Waals surface area (Å²) < 4.78 is 30.9. The quantitative estimate of drug-likeness (QED) is 0.745. The SMILES string of the molecule is COc1ccccc1N(CC(=O)NC(C)c1ccc(C(C)(C)C)cc1)S(C)(=O)=O. The number of anilines is 1. The molecule has 0 radical (unpaired) electrons. The summed E-state index contributed by atoms with van der Waals surface area (Å²) in [5.41, 5.74) is 2.54. The molecular weight excluding hydrogens is 388 g/mol. The number of rotatable bonds is 7. The van der Waals surface area contributed by atoms with E-state index in [0.717, 1.165) is 16.1 Å². The van der Waals surface area contributed by atoms with Gasteiger partial charge in [0, 0.05) is 0 Å². The standard InChI is InChI=1S/C22H30N2O4S/c1-16(17-11-13-18(14-12-17)22(2,3)4)23-21(25)15-24(29(6,26)27)19-9-7-8-10-20(19)28-5/h7-14,16H,15H2,1-6H3,(H,23,25). The highest BCUT2D eigenvalue weighted by Crippen LogP contribution is 2.29. The van der Waals surface area contributed by atoms with Gasteiger partial charge < -0.3 is 10.1 Å². The molecule has 2 aromatic rings. The molecule has 0 saturated carbocycles. The van der Waals surface area contributed by atoms with E-state index in [0.29, 0.717) is 11.4 Å². The number of para-hydroxylation sites is 2. The van der Waals surface area contributed by atoms with E-state index in [-0.39, 0.29) is 18.0 Å². The molecular formula is C22H30N2O4S. The van der Waals surface area contributed by atoms with E-state index in [9.17, 15) is 13.2 Å². The molecule has 2 rings (SSSR count). The lowest BCUT2D eigenvalue weighted by Gasteiger charge is -2.25. The minimum absolute atomic E-state index is 0.0513. The van der Waals surface area contributed by atoms with Crippen LogP contribution >= 0.6 is 0 Å². The molecule has 0 aliphatic heterocycles. The van der Waals surface area contributed by atoms with Crippen molar-refractivity contribution >= 4 is 21.6 Å². The Morgan fingerprint density at radius 1 is 1.10 bits per heavy atom. The maximum Gasteiger partial charge on any atom is 0.241 e. The molecule has 0 spiro atoms.